The Morgan fingerprint density at radius 1 is 1.20 bits per heavy atom. The Kier molecular flexibility index (Phi) is 6.28. The van der Waals surface area contributed by atoms with Crippen molar-refractivity contribution in [3.63, 3.8) is 0 Å². The number of amides is 1. The van der Waals surface area contributed by atoms with E-state index in [1.807, 2.05) is 18.2 Å². The molecular formula is C23H29N5O2. The Labute approximate surface area is 177 Å². The van der Waals surface area contributed by atoms with E-state index in [1.165, 1.54) is 38.2 Å². The van der Waals surface area contributed by atoms with Gasteiger partial charge in [-0.15, -0.1) is 10.2 Å². The summed E-state index contributed by atoms with van der Waals surface area (Å²) in [5.74, 6) is 1.33. The molecule has 2 aromatic rings. The van der Waals surface area contributed by atoms with Crippen LogP contribution in [0.1, 0.15) is 37.7 Å². The first-order chi connectivity index (χ1) is 14.6. The molecule has 2 unspecified atom stereocenters. The van der Waals surface area contributed by atoms with Gasteiger partial charge >= 0.3 is 0 Å². The summed E-state index contributed by atoms with van der Waals surface area (Å²) in [5.41, 5.74) is 1.95. The molecule has 1 aromatic heterocycles. The van der Waals surface area contributed by atoms with E-state index < -0.39 is 0 Å². The van der Waals surface area contributed by atoms with Gasteiger partial charge in [0.05, 0.1) is 5.69 Å². The van der Waals surface area contributed by atoms with Gasteiger partial charge in [0.1, 0.15) is 11.6 Å². The largest absolute Gasteiger partial charge is 0.507 e. The van der Waals surface area contributed by atoms with E-state index in [0.29, 0.717) is 29.3 Å². The van der Waals surface area contributed by atoms with Gasteiger partial charge in [-0.05, 0) is 67.5 Å². The number of likely N-dealkylation sites (N-methyl/N-ethyl adjacent to an activating group) is 1. The zero-order valence-electron chi connectivity index (χ0n) is 17.3. The number of carbonyl (C=O) groups excluding carboxylic acids is 1. The smallest absolute Gasteiger partial charge is 0.243 e. The third-order valence-electron chi connectivity index (χ3n) is 6.02. The van der Waals surface area contributed by atoms with Crippen LogP contribution in [-0.2, 0) is 4.79 Å². The molecule has 4 N–H and O–H groups in total. The number of benzene rings is 1. The average molecular weight is 408 g/mol. The second-order valence-corrected chi connectivity index (χ2v) is 8.24. The minimum Gasteiger partial charge on any atom is -0.507 e. The van der Waals surface area contributed by atoms with Gasteiger partial charge in [-0.2, -0.15) is 0 Å². The molecule has 7 heteroatoms. The number of carbonyl (C=O) groups is 1. The van der Waals surface area contributed by atoms with Gasteiger partial charge in [-0.1, -0.05) is 12.5 Å². The molecule has 2 aliphatic rings. The third kappa shape index (κ3) is 4.97. The molecular weight excluding hydrogens is 378 g/mol. The standard InChI is InChI=1S/C23H29N5O2/c1-24-23(30)10-6-15-5-7-19(21(29)13-15)20-8-9-22(28-27-20)25-14-16-11-17-3-2-4-18(12-16)26-17/h5-10,13,16-18,26,29H,2-4,11-12,14H2,1H3,(H,24,30)(H,25,28)/b10-6+. The van der Waals surface area contributed by atoms with Crippen LogP contribution >= 0.6 is 0 Å². The zero-order chi connectivity index (χ0) is 20.9. The summed E-state index contributed by atoms with van der Waals surface area (Å²) in [6, 6.07) is 10.3. The van der Waals surface area contributed by atoms with E-state index >= 15 is 0 Å². The Morgan fingerprint density at radius 2 is 2.00 bits per heavy atom. The topological polar surface area (TPSA) is 99.2 Å². The molecule has 1 aromatic carbocycles. The van der Waals surface area contributed by atoms with E-state index in [2.05, 4.69) is 26.1 Å². The molecule has 2 bridgehead atoms. The van der Waals surface area contributed by atoms with Gasteiger partial charge in [0.15, 0.2) is 0 Å². The molecule has 0 saturated carbocycles. The maximum atomic E-state index is 11.3. The summed E-state index contributed by atoms with van der Waals surface area (Å²) in [6.07, 6.45) is 9.47. The monoisotopic (exact) mass is 407 g/mol. The predicted molar refractivity (Wildman–Crippen MR) is 118 cm³/mol. The molecule has 2 saturated heterocycles. The Bertz CT molecular complexity index is 900. The van der Waals surface area contributed by atoms with Crippen molar-refractivity contribution in [2.75, 3.05) is 18.9 Å². The molecule has 158 valence electrons. The second kappa shape index (κ2) is 9.26. The minimum atomic E-state index is -0.194. The highest BCUT2D eigenvalue weighted by molar-refractivity contribution is 5.91. The van der Waals surface area contributed by atoms with Crippen LogP contribution in [0.15, 0.2) is 36.4 Å². The first-order valence-electron chi connectivity index (χ1n) is 10.7. The summed E-state index contributed by atoms with van der Waals surface area (Å²) in [7, 11) is 1.57. The van der Waals surface area contributed by atoms with Crippen molar-refractivity contribution in [2.45, 2.75) is 44.2 Å². The minimum absolute atomic E-state index is 0.102. The van der Waals surface area contributed by atoms with Crippen LogP contribution < -0.4 is 16.0 Å². The number of phenols is 1. The fraction of sp³-hybridized carbons (Fsp3) is 0.435. The number of hydrogen-bond donors (Lipinski definition) is 4. The molecule has 7 nitrogen and oxygen atoms in total. The van der Waals surface area contributed by atoms with E-state index in [4.69, 9.17) is 0 Å². The number of piperidine rings is 2. The summed E-state index contributed by atoms with van der Waals surface area (Å²) in [4.78, 5) is 11.3. The zero-order valence-corrected chi connectivity index (χ0v) is 17.3. The first-order valence-corrected chi connectivity index (χ1v) is 10.7. The van der Waals surface area contributed by atoms with E-state index in [9.17, 15) is 9.90 Å². The lowest BCUT2D eigenvalue weighted by Crippen LogP contribution is -2.49. The average Bonchev–Trinajstić information content (AvgIpc) is 2.76. The van der Waals surface area contributed by atoms with Crippen molar-refractivity contribution in [3.05, 3.63) is 42.0 Å². The lowest BCUT2D eigenvalue weighted by atomic mass is 9.80. The maximum absolute atomic E-state index is 11.3. The first kappa shape index (κ1) is 20.3. The normalized spacial score (nSPS) is 23.3. The van der Waals surface area contributed by atoms with Crippen molar-refractivity contribution in [2.24, 2.45) is 5.92 Å². The number of aromatic hydroxyl groups is 1. The molecule has 2 atom stereocenters. The van der Waals surface area contributed by atoms with E-state index in [0.717, 1.165) is 17.9 Å². The van der Waals surface area contributed by atoms with Gasteiger partial charge in [0, 0.05) is 37.3 Å². The summed E-state index contributed by atoms with van der Waals surface area (Å²) in [6.45, 7) is 0.917. The van der Waals surface area contributed by atoms with Crippen LogP contribution in [0.4, 0.5) is 5.82 Å². The van der Waals surface area contributed by atoms with E-state index in [1.54, 1.807) is 25.3 Å². The van der Waals surface area contributed by atoms with Gasteiger partial charge in [-0.3, -0.25) is 4.79 Å². The van der Waals surface area contributed by atoms with Crippen LogP contribution in [0.2, 0.25) is 0 Å². The van der Waals surface area contributed by atoms with Crippen LogP contribution in [0.5, 0.6) is 5.75 Å². The van der Waals surface area contributed by atoms with Crippen molar-refractivity contribution < 1.29 is 9.90 Å². The molecule has 2 fully saturated rings. The highest BCUT2D eigenvalue weighted by Crippen LogP contribution is 2.31. The molecule has 0 radical (unpaired) electrons. The van der Waals surface area contributed by atoms with Crippen LogP contribution in [-0.4, -0.2) is 46.9 Å². The Morgan fingerprint density at radius 3 is 2.67 bits per heavy atom. The molecule has 0 spiro atoms. The highest BCUT2D eigenvalue weighted by atomic mass is 16.3. The second-order valence-electron chi connectivity index (χ2n) is 8.24. The Hall–Kier alpha value is -2.93. The Balaban J connectivity index is 1.36. The number of hydrogen-bond acceptors (Lipinski definition) is 6. The fourth-order valence-electron chi connectivity index (χ4n) is 4.49. The van der Waals surface area contributed by atoms with Gasteiger partial charge < -0.3 is 21.1 Å². The molecule has 4 rings (SSSR count). The van der Waals surface area contributed by atoms with Crippen molar-refractivity contribution in [3.8, 4) is 17.0 Å². The summed E-state index contributed by atoms with van der Waals surface area (Å²) in [5, 5.41) is 28.6. The van der Waals surface area contributed by atoms with Crippen molar-refractivity contribution in [1.82, 2.24) is 20.8 Å². The van der Waals surface area contributed by atoms with Gasteiger partial charge in [0.25, 0.3) is 0 Å². The van der Waals surface area contributed by atoms with Crippen molar-refractivity contribution in [1.29, 1.82) is 0 Å². The maximum Gasteiger partial charge on any atom is 0.243 e. The SMILES string of the molecule is CNC(=O)/C=C/c1ccc(-c2ccc(NCC3CC4CCCC(C3)N4)nn2)c(O)c1. The molecule has 30 heavy (non-hydrogen) atoms. The lowest BCUT2D eigenvalue weighted by molar-refractivity contribution is -0.115. The summed E-state index contributed by atoms with van der Waals surface area (Å²) >= 11 is 0. The lowest BCUT2D eigenvalue weighted by Gasteiger charge is -2.40. The van der Waals surface area contributed by atoms with Crippen LogP contribution in [0.3, 0.4) is 0 Å². The van der Waals surface area contributed by atoms with Crippen LogP contribution in [0, 0.1) is 5.92 Å². The summed E-state index contributed by atoms with van der Waals surface area (Å²) < 4.78 is 0. The fourth-order valence-corrected chi connectivity index (χ4v) is 4.49. The van der Waals surface area contributed by atoms with Crippen LogP contribution in [0.25, 0.3) is 17.3 Å². The van der Waals surface area contributed by atoms with Gasteiger partial charge in [0.2, 0.25) is 5.91 Å². The van der Waals surface area contributed by atoms with Crippen molar-refractivity contribution >= 4 is 17.8 Å². The number of anilines is 1. The molecule has 2 aliphatic heterocycles. The van der Waals surface area contributed by atoms with E-state index in [-0.39, 0.29) is 11.7 Å². The third-order valence-corrected chi connectivity index (χ3v) is 6.02. The molecule has 1 amide bonds. The van der Waals surface area contributed by atoms with Gasteiger partial charge in [-0.25, -0.2) is 0 Å². The highest BCUT2D eigenvalue weighted by Gasteiger charge is 2.30. The number of nitrogens with one attached hydrogen (secondary N) is 3. The number of fused-ring (bicyclic) bond motifs is 2. The number of nitrogens with zero attached hydrogens (tertiary/aromatic N) is 2. The number of phenolic OH excluding ortho intramolecular Hbond substituents is 1. The predicted octanol–water partition coefficient (Wildman–Crippen LogP) is 2.94. The molecule has 0 aliphatic carbocycles. The molecule has 3 heterocycles. The number of aromatic nitrogens is 2. The number of rotatable bonds is 6. The quantitative estimate of drug-likeness (QED) is 0.550.